The highest BCUT2D eigenvalue weighted by molar-refractivity contribution is 7.07. The van der Waals surface area contributed by atoms with Crippen LogP contribution in [0.15, 0.2) is 63.5 Å². The number of hydrogen-bond acceptors (Lipinski definition) is 9. The minimum atomic E-state index is -0.836. The third kappa shape index (κ3) is 6.55. The molecule has 2 aromatic carbocycles. The largest absolute Gasteiger partial charge is 0.490 e. The summed E-state index contributed by atoms with van der Waals surface area (Å²) in [5.41, 5.74) is 1.51. The Bertz CT molecular complexity index is 1720. The summed E-state index contributed by atoms with van der Waals surface area (Å²) in [5.74, 6) is -0.311. The van der Waals surface area contributed by atoms with Crippen molar-refractivity contribution < 1.29 is 32.9 Å². The minimum absolute atomic E-state index is 0.135. The molecule has 1 fully saturated rings. The molecule has 0 saturated carbocycles. The molecule has 0 spiro atoms. The van der Waals surface area contributed by atoms with Crippen LogP contribution in [0, 0.1) is 5.82 Å². The summed E-state index contributed by atoms with van der Waals surface area (Å²) in [7, 11) is 0. The van der Waals surface area contributed by atoms with Gasteiger partial charge in [-0.1, -0.05) is 29.5 Å². The number of ether oxygens (including phenoxy) is 4. The molecule has 2 aliphatic rings. The summed E-state index contributed by atoms with van der Waals surface area (Å²) >= 11 is 1.18. The number of nitrogens with zero attached hydrogens (tertiary/aromatic N) is 3. The second-order valence-electron chi connectivity index (χ2n) is 9.77. The lowest BCUT2D eigenvalue weighted by atomic mass is 9.96. The minimum Gasteiger partial charge on any atom is -0.490 e. The summed E-state index contributed by atoms with van der Waals surface area (Å²) < 4.78 is 37.8. The average molecular weight is 610 g/mol. The first-order valence-corrected chi connectivity index (χ1v) is 14.8. The summed E-state index contributed by atoms with van der Waals surface area (Å²) in [4.78, 5) is 46.1. The number of allylic oxidation sites excluding steroid dienone is 1. The van der Waals surface area contributed by atoms with Gasteiger partial charge in [0, 0.05) is 13.1 Å². The molecular formula is C31H32FN3O7S. The van der Waals surface area contributed by atoms with Gasteiger partial charge >= 0.3 is 5.97 Å². The molecule has 2 aliphatic heterocycles. The number of aromatic nitrogens is 1. The molecule has 226 valence electrons. The molecule has 1 atom stereocenters. The highest BCUT2D eigenvalue weighted by Crippen LogP contribution is 2.31. The molecular weight excluding hydrogens is 577 g/mol. The fourth-order valence-corrected chi connectivity index (χ4v) is 6.00. The maximum Gasteiger partial charge on any atom is 0.338 e. The zero-order chi connectivity index (χ0) is 30.5. The first-order valence-electron chi connectivity index (χ1n) is 14.0. The van der Waals surface area contributed by atoms with E-state index in [1.54, 1.807) is 55.2 Å². The van der Waals surface area contributed by atoms with E-state index in [-0.39, 0.29) is 30.3 Å². The third-order valence-electron chi connectivity index (χ3n) is 6.98. The summed E-state index contributed by atoms with van der Waals surface area (Å²) in [6.07, 6.45) is 1.71. The molecule has 3 aromatic rings. The van der Waals surface area contributed by atoms with Crippen molar-refractivity contribution in [2.45, 2.75) is 26.8 Å². The van der Waals surface area contributed by atoms with Gasteiger partial charge in [-0.3, -0.25) is 14.2 Å². The predicted octanol–water partition coefficient (Wildman–Crippen LogP) is 2.57. The van der Waals surface area contributed by atoms with E-state index in [1.165, 1.54) is 28.0 Å². The van der Waals surface area contributed by atoms with E-state index >= 15 is 0 Å². The Kier molecular flexibility index (Phi) is 9.37. The Hall–Kier alpha value is -4.29. The van der Waals surface area contributed by atoms with Crippen molar-refractivity contribution in [3.8, 4) is 11.5 Å². The van der Waals surface area contributed by atoms with Gasteiger partial charge in [0.05, 0.1) is 48.3 Å². The number of rotatable bonds is 9. The number of morpholine rings is 1. The van der Waals surface area contributed by atoms with E-state index < -0.39 is 17.8 Å². The normalized spacial score (nSPS) is 16.9. The number of thiazole rings is 1. The van der Waals surface area contributed by atoms with Gasteiger partial charge in [0.2, 0.25) is 0 Å². The monoisotopic (exact) mass is 609 g/mol. The second-order valence-corrected chi connectivity index (χ2v) is 10.8. The molecule has 0 N–H and O–H groups in total. The molecule has 1 aromatic heterocycles. The van der Waals surface area contributed by atoms with Crippen LogP contribution in [0.3, 0.4) is 0 Å². The van der Waals surface area contributed by atoms with Gasteiger partial charge in [-0.25, -0.2) is 14.2 Å². The van der Waals surface area contributed by atoms with Gasteiger partial charge in [0.25, 0.3) is 11.5 Å². The van der Waals surface area contributed by atoms with Gasteiger partial charge < -0.3 is 23.8 Å². The van der Waals surface area contributed by atoms with Crippen molar-refractivity contribution in [2.75, 3.05) is 46.1 Å². The Morgan fingerprint density at radius 2 is 1.81 bits per heavy atom. The Labute approximate surface area is 251 Å². The van der Waals surface area contributed by atoms with E-state index in [1.807, 2.05) is 6.92 Å². The zero-order valence-corrected chi connectivity index (χ0v) is 24.9. The van der Waals surface area contributed by atoms with E-state index in [4.69, 9.17) is 18.9 Å². The van der Waals surface area contributed by atoms with Crippen molar-refractivity contribution in [1.29, 1.82) is 0 Å². The van der Waals surface area contributed by atoms with Crippen LogP contribution in [0.25, 0.3) is 6.08 Å². The van der Waals surface area contributed by atoms with Crippen LogP contribution in [0.4, 0.5) is 4.39 Å². The molecule has 3 heterocycles. The molecule has 5 rings (SSSR count). The van der Waals surface area contributed by atoms with Crippen LogP contribution in [0.5, 0.6) is 11.5 Å². The standard InChI is InChI=1S/C31H32FN3O7S/c1-4-40-24-16-20(6-11-23(24)42-18-26(36)34-12-14-39-15-13-34)17-25-29(37)35-28(21-7-9-22(32)10-8-21)27(30(38)41-5-2)19(3)33-31(35)43-25/h6-11,16-17,28H,4-5,12-15,18H2,1-3H3/b25-17+/t28-/m0/s1. The van der Waals surface area contributed by atoms with Gasteiger partial charge in [0.1, 0.15) is 5.82 Å². The first-order chi connectivity index (χ1) is 20.8. The van der Waals surface area contributed by atoms with Crippen LogP contribution >= 0.6 is 11.3 Å². The summed E-state index contributed by atoms with van der Waals surface area (Å²) in [6.45, 7) is 7.68. The lowest BCUT2D eigenvalue weighted by Crippen LogP contribution is -2.43. The fraction of sp³-hybridized carbons (Fsp3) is 0.355. The molecule has 1 amide bonds. The van der Waals surface area contributed by atoms with Crippen molar-refractivity contribution in [2.24, 2.45) is 4.99 Å². The molecule has 0 radical (unpaired) electrons. The van der Waals surface area contributed by atoms with E-state index in [0.29, 0.717) is 70.6 Å². The quantitative estimate of drug-likeness (QED) is 0.343. The van der Waals surface area contributed by atoms with Crippen molar-refractivity contribution >= 4 is 29.3 Å². The number of amides is 1. The maximum atomic E-state index is 13.8. The highest BCUT2D eigenvalue weighted by atomic mass is 32.1. The average Bonchev–Trinajstić information content (AvgIpc) is 3.30. The molecule has 12 heteroatoms. The summed E-state index contributed by atoms with van der Waals surface area (Å²) in [6, 6.07) is 10.0. The Morgan fingerprint density at radius 1 is 1.07 bits per heavy atom. The topological polar surface area (TPSA) is 109 Å². The molecule has 10 nitrogen and oxygen atoms in total. The SMILES string of the molecule is CCOC(=O)C1=C(C)N=c2s/c(=C/c3ccc(OCC(=O)N4CCOCC4)c(OCC)c3)c(=O)n2[C@H]1c1ccc(F)cc1. The lowest BCUT2D eigenvalue weighted by Gasteiger charge is -2.26. The van der Waals surface area contributed by atoms with E-state index in [2.05, 4.69) is 4.99 Å². The predicted molar refractivity (Wildman–Crippen MR) is 157 cm³/mol. The number of benzene rings is 2. The number of fused-ring (bicyclic) bond motifs is 1. The number of hydrogen-bond donors (Lipinski definition) is 0. The molecule has 1 saturated heterocycles. The summed E-state index contributed by atoms with van der Waals surface area (Å²) in [5, 5.41) is 0. The maximum absolute atomic E-state index is 13.8. The zero-order valence-electron chi connectivity index (χ0n) is 24.1. The number of esters is 1. The molecule has 0 aliphatic carbocycles. The molecule has 0 unspecified atom stereocenters. The van der Waals surface area contributed by atoms with E-state index in [0.717, 1.165) is 0 Å². The van der Waals surface area contributed by atoms with Gasteiger partial charge in [0.15, 0.2) is 22.9 Å². The van der Waals surface area contributed by atoms with Gasteiger partial charge in [-0.15, -0.1) is 0 Å². The highest BCUT2D eigenvalue weighted by Gasteiger charge is 2.33. The van der Waals surface area contributed by atoms with Crippen LogP contribution in [-0.4, -0.2) is 67.5 Å². The molecule has 43 heavy (non-hydrogen) atoms. The van der Waals surface area contributed by atoms with Crippen molar-refractivity contribution in [3.05, 3.63) is 90.4 Å². The Balaban J connectivity index is 1.50. The van der Waals surface area contributed by atoms with Crippen LogP contribution in [-0.2, 0) is 19.1 Å². The second kappa shape index (κ2) is 13.3. The van der Waals surface area contributed by atoms with Crippen LogP contribution in [0.1, 0.15) is 37.9 Å². The third-order valence-corrected chi connectivity index (χ3v) is 7.97. The first kappa shape index (κ1) is 30.2. The number of halogens is 1. The van der Waals surface area contributed by atoms with Crippen molar-refractivity contribution in [3.63, 3.8) is 0 Å². The fourth-order valence-electron chi connectivity index (χ4n) is 4.95. The van der Waals surface area contributed by atoms with E-state index in [9.17, 15) is 18.8 Å². The number of carbonyl (C=O) groups excluding carboxylic acids is 2. The Morgan fingerprint density at radius 3 is 2.51 bits per heavy atom. The van der Waals surface area contributed by atoms with Crippen molar-refractivity contribution in [1.82, 2.24) is 9.47 Å². The lowest BCUT2D eigenvalue weighted by molar-refractivity contribution is -0.139. The number of carbonyl (C=O) groups is 2. The van der Waals surface area contributed by atoms with Gasteiger partial charge in [-0.2, -0.15) is 0 Å². The van der Waals surface area contributed by atoms with Crippen LogP contribution < -0.4 is 24.4 Å². The van der Waals surface area contributed by atoms with Gasteiger partial charge in [-0.05, 0) is 62.2 Å². The molecule has 0 bridgehead atoms. The smallest absolute Gasteiger partial charge is 0.338 e. The van der Waals surface area contributed by atoms with Crippen LogP contribution in [0.2, 0.25) is 0 Å².